The van der Waals surface area contributed by atoms with E-state index in [-0.39, 0.29) is 5.29 Å². The lowest BCUT2D eigenvalue weighted by Gasteiger charge is -2.31. The molecule has 0 aliphatic carbocycles. The number of rotatable bonds is 9. The SMILES string of the molecule is CCCC[C@H](NC(=O)O)C(=O)C(C#N)=P(c1ccccc1)(c1ccccc1)c1ccccc1. The van der Waals surface area contributed by atoms with Crippen LogP contribution in [0.4, 0.5) is 4.79 Å². The molecule has 5 nitrogen and oxygen atoms in total. The predicted octanol–water partition coefficient (Wildman–Crippen LogP) is 4.07. The molecular formula is C27H27N2O3P. The van der Waals surface area contributed by atoms with Crippen molar-refractivity contribution in [2.75, 3.05) is 0 Å². The van der Waals surface area contributed by atoms with Crippen LogP contribution >= 0.6 is 6.89 Å². The number of amides is 1. The van der Waals surface area contributed by atoms with Gasteiger partial charge in [0.1, 0.15) is 11.4 Å². The highest BCUT2D eigenvalue weighted by molar-refractivity contribution is 7.97. The minimum absolute atomic E-state index is 0.0981. The second-order valence-electron chi connectivity index (χ2n) is 7.65. The molecular weight excluding hydrogens is 431 g/mol. The Morgan fingerprint density at radius 2 is 1.30 bits per heavy atom. The van der Waals surface area contributed by atoms with E-state index in [0.717, 1.165) is 22.3 Å². The van der Waals surface area contributed by atoms with Gasteiger partial charge in [-0.2, -0.15) is 5.26 Å². The standard InChI is InChI=1S/C27H27N2O3P/c1-2-3-19-24(29-27(31)32)26(30)25(20-28)33(21-13-7-4-8-14-21,22-15-9-5-10-16-22)23-17-11-6-12-18-23/h4-18,24,29H,2-3,19H2,1H3,(H,31,32)/t24-/m0/s1. The Labute approximate surface area is 194 Å². The summed E-state index contributed by atoms with van der Waals surface area (Å²) < 4.78 is 0. The van der Waals surface area contributed by atoms with E-state index in [9.17, 15) is 20.0 Å². The van der Waals surface area contributed by atoms with Crippen molar-refractivity contribution in [1.82, 2.24) is 5.32 Å². The summed E-state index contributed by atoms with van der Waals surface area (Å²) in [6, 6.07) is 30.1. The Hall–Kier alpha value is -3.61. The quantitative estimate of drug-likeness (QED) is 0.473. The summed E-state index contributed by atoms with van der Waals surface area (Å²) in [7, 11) is 0. The number of unbranched alkanes of at least 4 members (excludes halogenated alkanes) is 1. The van der Waals surface area contributed by atoms with Crippen molar-refractivity contribution in [3.05, 3.63) is 91.0 Å². The highest BCUT2D eigenvalue weighted by Crippen LogP contribution is 2.46. The van der Waals surface area contributed by atoms with E-state index in [1.54, 1.807) is 0 Å². The molecule has 0 aromatic heterocycles. The van der Waals surface area contributed by atoms with Crippen molar-refractivity contribution in [3.63, 3.8) is 0 Å². The Bertz CT molecular complexity index is 1080. The molecule has 33 heavy (non-hydrogen) atoms. The van der Waals surface area contributed by atoms with Crippen LogP contribution in [0.5, 0.6) is 0 Å². The summed E-state index contributed by atoms with van der Waals surface area (Å²) in [5.41, 5.74) is 0. The van der Waals surface area contributed by atoms with E-state index >= 15 is 0 Å². The predicted molar refractivity (Wildman–Crippen MR) is 135 cm³/mol. The minimum Gasteiger partial charge on any atom is -0.465 e. The van der Waals surface area contributed by atoms with E-state index < -0.39 is 24.8 Å². The highest BCUT2D eigenvalue weighted by Gasteiger charge is 2.36. The van der Waals surface area contributed by atoms with Gasteiger partial charge in [0.05, 0.1) is 6.04 Å². The lowest BCUT2D eigenvalue weighted by Crippen LogP contribution is -2.45. The third kappa shape index (κ3) is 5.08. The van der Waals surface area contributed by atoms with E-state index in [1.165, 1.54) is 0 Å². The molecule has 0 saturated carbocycles. The first-order valence-electron chi connectivity index (χ1n) is 10.9. The van der Waals surface area contributed by atoms with Crippen molar-refractivity contribution in [1.29, 1.82) is 5.26 Å². The Kier molecular flexibility index (Phi) is 8.24. The zero-order valence-corrected chi connectivity index (χ0v) is 19.4. The van der Waals surface area contributed by atoms with Gasteiger partial charge in [-0.05, 0) is 29.2 Å². The molecule has 0 aliphatic rings. The Morgan fingerprint density at radius 1 is 0.879 bits per heavy atom. The number of ketones is 1. The molecule has 3 aromatic rings. The molecule has 1 amide bonds. The lowest BCUT2D eigenvalue weighted by atomic mass is 10.0. The highest BCUT2D eigenvalue weighted by atomic mass is 31.2. The van der Waals surface area contributed by atoms with Gasteiger partial charge in [0.2, 0.25) is 0 Å². The first-order chi connectivity index (χ1) is 16.1. The molecule has 0 radical (unpaired) electrons. The minimum atomic E-state index is -2.88. The molecule has 2 N–H and O–H groups in total. The fraction of sp³-hybridized carbons (Fsp3) is 0.185. The van der Waals surface area contributed by atoms with E-state index in [2.05, 4.69) is 11.4 Å². The fourth-order valence-electron chi connectivity index (χ4n) is 4.08. The molecule has 0 bridgehead atoms. The van der Waals surface area contributed by atoms with Crippen LogP contribution in [0.15, 0.2) is 91.0 Å². The number of nitrogens with one attached hydrogen (secondary N) is 1. The van der Waals surface area contributed by atoms with Crippen LogP contribution in [0.1, 0.15) is 26.2 Å². The normalized spacial score (nSPS) is 11.8. The smallest absolute Gasteiger partial charge is 0.405 e. The van der Waals surface area contributed by atoms with Crippen molar-refractivity contribution in [2.45, 2.75) is 32.2 Å². The maximum atomic E-state index is 13.9. The number of Topliss-reactive ketones (excluding diaryl/α,β-unsaturated/α-hetero) is 1. The third-order valence-corrected chi connectivity index (χ3v) is 9.78. The molecule has 1 atom stereocenters. The average molecular weight is 458 g/mol. The van der Waals surface area contributed by atoms with Crippen LogP contribution < -0.4 is 21.2 Å². The molecule has 0 heterocycles. The van der Waals surface area contributed by atoms with Crippen molar-refractivity contribution >= 4 is 40.0 Å². The molecule has 6 heteroatoms. The van der Waals surface area contributed by atoms with Gasteiger partial charge in [0.25, 0.3) is 0 Å². The van der Waals surface area contributed by atoms with Gasteiger partial charge < -0.3 is 10.4 Å². The van der Waals surface area contributed by atoms with E-state index in [4.69, 9.17) is 0 Å². The molecule has 168 valence electrons. The van der Waals surface area contributed by atoms with Gasteiger partial charge in [0.15, 0.2) is 5.78 Å². The molecule has 3 rings (SSSR count). The maximum absolute atomic E-state index is 13.9. The zero-order chi connectivity index (χ0) is 23.7. The fourth-order valence-corrected chi connectivity index (χ4v) is 8.24. The van der Waals surface area contributed by atoms with Gasteiger partial charge in [-0.1, -0.05) is 111 Å². The zero-order valence-electron chi connectivity index (χ0n) is 18.5. The summed E-state index contributed by atoms with van der Waals surface area (Å²) in [5, 5.41) is 24.9. The van der Waals surface area contributed by atoms with Crippen LogP contribution in [0, 0.1) is 11.3 Å². The van der Waals surface area contributed by atoms with Crippen LogP contribution in [0.3, 0.4) is 0 Å². The maximum Gasteiger partial charge on any atom is 0.405 e. The Morgan fingerprint density at radius 3 is 1.64 bits per heavy atom. The van der Waals surface area contributed by atoms with Crippen molar-refractivity contribution in [3.8, 4) is 6.07 Å². The number of nitrogens with zero attached hydrogens (tertiary/aromatic N) is 1. The average Bonchev–Trinajstić information content (AvgIpc) is 2.86. The van der Waals surface area contributed by atoms with Gasteiger partial charge in [-0.3, -0.25) is 4.79 Å². The molecule has 0 unspecified atom stereocenters. The summed E-state index contributed by atoms with van der Waals surface area (Å²) in [5.74, 6) is -0.460. The van der Waals surface area contributed by atoms with Crippen LogP contribution in [0.25, 0.3) is 0 Å². The number of carbonyl (C=O) groups excluding carboxylic acids is 1. The monoisotopic (exact) mass is 458 g/mol. The first kappa shape index (κ1) is 24.0. The summed E-state index contributed by atoms with van der Waals surface area (Å²) >= 11 is 0. The third-order valence-electron chi connectivity index (χ3n) is 5.57. The summed E-state index contributed by atoms with van der Waals surface area (Å²) in [4.78, 5) is 25.4. The number of carbonyl (C=O) groups is 2. The van der Waals surface area contributed by atoms with Gasteiger partial charge in [-0.15, -0.1) is 0 Å². The lowest BCUT2D eigenvalue weighted by molar-refractivity contribution is -0.114. The van der Waals surface area contributed by atoms with Crippen molar-refractivity contribution in [2.24, 2.45) is 0 Å². The Balaban J connectivity index is 2.46. The largest absolute Gasteiger partial charge is 0.465 e. The summed E-state index contributed by atoms with van der Waals surface area (Å²) in [6.45, 7) is -0.897. The molecule has 3 aromatic carbocycles. The molecule has 0 aliphatic heterocycles. The molecule has 0 saturated heterocycles. The van der Waals surface area contributed by atoms with Crippen molar-refractivity contribution < 1.29 is 14.7 Å². The number of hydrogen-bond acceptors (Lipinski definition) is 3. The van der Waals surface area contributed by atoms with Crippen LogP contribution in [-0.2, 0) is 4.79 Å². The van der Waals surface area contributed by atoms with Gasteiger partial charge in [0, 0.05) is 0 Å². The van der Waals surface area contributed by atoms with Gasteiger partial charge >= 0.3 is 6.09 Å². The number of benzene rings is 3. The number of carboxylic acid groups (broad SMARTS) is 1. The molecule has 0 spiro atoms. The van der Waals surface area contributed by atoms with E-state index in [1.807, 2.05) is 97.9 Å². The van der Waals surface area contributed by atoms with Crippen LogP contribution in [-0.4, -0.2) is 28.3 Å². The number of nitriles is 1. The first-order valence-corrected chi connectivity index (χ1v) is 12.7. The van der Waals surface area contributed by atoms with E-state index in [0.29, 0.717) is 12.8 Å². The molecule has 0 fully saturated rings. The second-order valence-corrected chi connectivity index (χ2v) is 11.0. The summed E-state index contributed by atoms with van der Waals surface area (Å²) in [6.07, 6.45) is 0.543. The second kappa shape index (κ2) is 11.3. The number of hydrogen-bond donors (Lipinski definition) is 2. The topological polar surface area (TPSA) is 90.2 Å². The van der Waals surface area contributed by atoms with Gasteiger partial charge in [-0.25, -0.2) is 4.79 Å². The van der Waals surface area contributed by atoms with Crippen LogP contribution in [0.2, 0.25) is 0 Å².